The van der Waals surface area contributed by atoms with Crippen molar-refractivity contribution in [3.8, 4) is 0 Å². The van der Waals surface area contributed by atoms with Gasteiger partial charge in [-0.05, 0) is 37.0 Å². The summed E-state index contributed by atoms with van der Waals surface area (Å²) in [6.45, 7) is 0.535. The summed E-state index contributed by atoms with van der Waals surface area (Å²) in [7, 11) is 1.54. The second-order valence-corrected chi connectivity index (χ2v) is 5.35. The Kier molecular flexibility index (Phi) is 6.62. The van der Waals surface area contributed by atoms with Crippen LogP contribution in [0.2, 0.25) is 0 Å². The van der Waals surface area contributed by atoms with E-state index in [1.807, 2.05) is 0 Å². The SMILES string of the molecule is COCCOC(=O)Nc1cccc(NC(=O)CC2C=CCC2)c1. The average Bonchev–Trinajstić information content (AvgIpc) is 3.00. The first-order chi connectivity index (χ1) is 11.2. The standard InChI is InChI=1S/C17H22N2O4/c1-22-9-10-23-17(21)19-15-8-4-7-14(12-15)18-16(20)11-13-5-2-3-6-13/h2,4-5,7-8,12-13H,3,6,9-11H2,1H3,(H,18,20)(H,19,21). The van der Waals surface area contributed by atoms with Crippen molar-refractivity contribution in [1.82, 2.24) is 0 Å². The third kappa shape index (κ3) is 6.12. The van der Waals surface area contributed by atoms with Gasteiger partial charge in [-0.2, -0.15) is 0 Å². The van der Waals surface area contributed by atoms with E-state index in [9.17, 15) is 9.59 Å². The molecule has 0 aliphatic heterocycles. The van der Waals surface area contributed by atoms with Gasteiger partial charge in [0.05, 0.1) is 6.61 Å². The van der Waals surface area contributed by atoms with Crippen LogP contribution in [0.3, 0.4) is 0 Å². The molecule has 1 aromatic carbocycles. The minimum atomic E-state index is -0.554. The number of nitrogens with one attached hydrogen (secondary N) is 2. The topological polar surface area (TPSA) is 76.7 Å². The number of amides is 2. The highest BCUT2D eigenvalue weighted by Gasteiger charge is 2.14. The maximum absolute atomic E-state index is 12.0. The molecule has 124 valence electrons. The van der Waals surface area contributed by atoms with Crippen molar-refractivity contribution >= 4 is 23.4 Å². The Hall–Kier alpha value is -2.34. The van der Waals surface area contributed by atoms with Crippen LogP contribution in [0.15, 0.2) is 36.4 Å². The molecule has 1 aromatic rings. The number of hydrogen-bond donors (Lipinski definition) is 2. The lowest BCUT2D eigenvalue weighted by molar-refractivity contribution is -0.116. The van der Waals surface area contributed by atoms with Crippen LogP contribution in [-0.2, 0) is 14.3 Å². The van der Waals surface area contributed by atoms with E-state index in [-0.39, 0.29) is 12.5 Å². The van der Waals surface area contributed by atoms with E-state index in [4.69, 9.17) is 9.47 Å². The minimum absolute atomic E-state index is 0.0265. The first-order valence-corrected chi connectivity index (χ1v) is 7.66. The first kappa shape index (κ1) is 17.0. The van der Waals surface area contributed by atoms with Crippen molar-refractivity contribution in [2.24, 2.45) is 5.92 Å². The maximum Gasteiger partial charge on any atom is 0.411 e. The Morgan fingerprint density at radius 3 is 2.70 bits per heavy atom. The molecular weight excluding hydrogens is 296 g/mol. The van der Waals surface area contributed by atoms with Crippen LogP contribution in [-0.4, -0.2) is 32.3 Å². The van der Waals surface area contributed by atoms with Crippen molar-refractivity contribution in [3.05, 3.63) is 36.4 Å². The molecule has 0 fully saturated rings. The van der Waals surface area contributed by atoms with Crippen molar-refractivity contribution in [3.63, 3.8) is 0 Å². The molecule has 0 radical (unpaired) electrons. The molecule has 0 saturated heterocycles. The van der Waals surface area contributed by atoms with E-state index in [2.05, 4.69) is 22.8 Å². The number of carbonyl (C=O) groups excluding carboxylic acids is 2. The highest BCUT2D eigenvalue weighted by Crippen LogP contribution is 2.21. The number of ether oxygens (including phenoxy) is 2. The number of allylic oxidation sites excluding steroid dienone is 2. The van der Waals surface area contributed by atoms with Gasteiger partial charge in [0, 0.05) is 24.9 Å². The first-order valence-electron chi connectivity index (χ1n) is 7.66. The fourth-order valence-electron chi connectivity index (χ4n) is 2.36. The molecule has 0 spiro atoms. The highest BCUT2D eigenvalue weighted by molar-refractivity contribution is 5.92. The van der Waals surface area contributed by atoms with Crippen molar-refractivity contribution in [2.75, 3.05) is 31.0 Å². The Balaban J connectivity index is 1.82. The lowest BCUT2D eigenvalue weighted by atomic mass is 10.1. The molecule has 1 aliphatic carbocycles. The molecule has 2 rings (SSSR count). The molecule has 0 aromatic heterocycles. The van der Waals surface area contributed by atoms with Crippen molar-refractivity contribution in [1.29, 1.82) is 0 Å². The summed E-state index contributed by atoms with van der Waals surface area (Å²) in [5.41, 5.74) is 1.21. The number of hydrogen-bond acceptors (Lipinski definition) is 4. The van der Waals surface area contributed by atoms with Crippen LogP contribution in [0.25, 0.3) is 0 Å². The molecule has 2 N–H and O–H groups in total. The third-order valence-electron chi connectivity index (χ3n) is 3.47. The van der Waals surface area contributed by atoms with Crippen LogP contribution >= 0.6 is 0 Å². The van der Waals surface area contributed by atoms with Gasteiger partial charge >= 0.3 is 6.09 Å². The summed E-state index contributed by atoms with van der Waals surface area (Å²) in [6, 6.07) is 6.96. The van der Waals surface area contributed by atoms with Crippen LogP contribution in [0.5, 0.6) is 0 Å². The van der Waals surface area contributed by atoms with E-state index in [0.717, 1.165) is 12.8 Å². The zero-order valence-corrected chi connectivity index (χ0v) is 13.2. The molecule has 0 heterocycles. The van der Waals surface area contributed by atoms with E-state index in [1.165, 1.54) is 7.11 Å². The second kappa shape index (κ2) is 8.95. The molecule has 2 amide bonds. The van der Waals surface area contributed by atoms with E-state index >= 15 is 0 Å². The normalized spacial score (nSPS) is 16.1. The van der Waals surface area contributed by atoms with Crippen LogP contribution < -0.4 is 10.6 Å². The fourth-order valence-corrected chi connectivity index (χ4v) is 2.36. The summed E-state index contributed by atoms with van der Waals surface area (Å²) in [5, 5.41) is 5.46. The smallest absolute Gasteiger partial charge is 0.411 e. The Labute approximate surface area is 135 Å². The van der Waals surface area contributed by atoms with Crippen LogP contribution in [0, 0.1) is 5.92 Å². The predicted molar refractivity (Wildman–Crippen MR) is 88.4 cm³/mol. The van der Waals surface area contributed by atoms with Crippen LogP contribution in [0.4, 0.5) is 16.2 Å². The van der Waals surface area contributed by atoms with Gasteiger partial charge in [0.25, 0.3) is 0 Å². The summed E-state index contributed by atoms with van der Waals surface area (Å²) in [5.74, 6) is 0.299. The summed E-state index contributed by atoms with van der Waals surface area (Å²) in [4.78, 5) is 23.6. The minimum Gasteiger partial charge on any atom is -0.447 e. The highest BCUT2D eigenvalue weighted by atomic mass is 16.6. The fraction of sp³-hybridized carbons (Fsp3) is 0.412. The average molecular weight is 318 g/mol. The summed E-state index contributed by atoms with van der Waals surface area (Å²) < 4.78 is 9.73. The zero-order chi connectivity index (χ0) is 16.5. The molecule has 1 unspecified atom stereocenters. The molecule has 0 saturated carbocycles. The molecular formula is C17H22N2O4. The van der Waals surface area contributed by atoms with Crippen molar-refractivity contribution in [2.45, 2.75) is 19.3 Å². The summed E-state index contributed by atoms with van der Waals surface area (Å²) >= 11 is 0. The number of carbonyl (C=O) groups is 2. The number of methoxy groups -OCH3 is 1. The van der Waals surface area contributed by atoms with E-state index in [1.54, 1.807) is 24.3 Å². The lowest BCUT2D eigenvalue weighted by Crippen LogP contribution is -2.17. The van der Waals surface area contributed by atoms with Crippen molar-refractivity contribution < 1.29 is 19.1 Å². The molecule has 1 atom stereocenters. The van der Waals surface area contributed by atoms with E-state index < -0.39 is 6.09 Å². The van der Waals surface area contributed by atoms with Crippen LogP contribution in [0.1, 0.15) is 19.3 Å². The Bertz CT molecular complexity index is 571. The van der Waals surface area contributed by atoms with Gasteiger partial charge in [-0.1, -0.05) is 18.2 Å². The van der Waals surface area contributed by atoms with Gasteiger partial charge in [0.1, 0.15) is 6.61 Å². The predicted octanol–water partition coefficient (Wildman–Crippen LogP) is 3.18. The molecule has 23 heavy (non-hydrogen) atoms. The zero-order valence-electron chi connectivity index (χ0n) is 13.2. The van der Waals surface area contributed by atoms with E-state index in [0.29, 0.717) is 30.3 Å². The summed E-state index contributed by atoms with van der Waals surface area (Å²) in [6.07, 6.45) is 6.20. The third-order valence-corrected chi connectivity index (χ3v) is 3.47. The van der Waals surface area contributed by atoms with Gasteiger partial charge < -0.3 is 14.8 Å². The number of anilines is 2. The lowest BCUT2D eigenvalue weighted by Gasteiger charge is -2.11. The number of rotatable bonds is 7. The Morgan fingerprint density at radius 2 is 2.00 bits per heavy atom. The van der Waals surface area contributed by atoms with Gasteiger partial charge in [0.15, 0.2) is 0 Å². The van der Waals surface area contributed by atoms with Gasteiger partial charge in [-0.3, -0.25) is 10.1 Å². The van der Waals surface area contributed by atoms with Gasteiger partial charge in [-0.15, -0.1) is 0 Å². The Morgan fingerprint density at radius 1 is 1.22 bits per heavy atom. The van der Waals surface area contributed by atoms with Gasteiger partial charge in [0.2, 0.25) is 5.91 Å². The number of benzene rings is 1. The maximum atomic E-state index is 12.0. The van der Waals surface area contributed by atoms with Gasteiger partial charge in [-0.25, -0.2) is 4.79 Å². The quantitative estimate of drug-likeness (QED) is 0.598. The molecule has 0 bridgehead atoms. The molecule has 6 heteroatoms. The largest absolute Gasteiger partial charge is 0.447 e. The monoisotopic (exact) mass is 318 g/mol. The molecule has 1 aliphatic rings. The second-order valence-electron chi connectivity index (χ2n) is 5.35. The molecule has 6 nitrogen and oxygen atoms in total.